The van der Waals surface area contributed by atoms with E-state index in [1.54, 1.807) is 36.1 Å². The van der Waals surface area contributed by atoms with Crippen molar-refractivity contribution in [2.24, 2.45) is 5.41 Å². The second-order valence-corrected chi connectivity index (χ2v) is 7.03. The molecule has 1 saturated heterocycles. The molecule has 25 heavy (non-hydrogen) atoms. The Labute approximate surface area is 147 Å². The quantitative estimate of drug-likeness (QED) is 0.779. The summed E-state index contributed by atoms with van der Waals surface area (Å²) in [5, 5.41) is 14.8. The van der Waals surface area contributed by atoms with Crippen molar-refractivity contribution in [1.82, 2.24) is 10.2 Å². The third kappa shape index (κ3) is 4.71. The minimum absolute atomic E-state index is 0.00635. The summed E-state index contributed by atoms with van der Waals surface area (Å²) in [5.74, 6) is -1.11. The molecule has 3 amide bonds. The number of urea groups is 1. The van der Waals surface area contributed by atoms with E-state index in [0.717, 1.165) is 0 Å². The van der Waals surface area contributed by atoms with Crippen LogP contribution >= 0.6 is 0 Å². The molecule has 0 aromatic heterocycles. The van der Waals surface area contributed by atoms with Crippen LogP contribution in [0.2, 0.25) is 0 Å². The van der Waals surface area contributed by atoms with Gasteiger partial charge in [-0.1, -0.05) is 6.07 Å². The molecule has 0 aliphatic carbocycles. The summed E-state index contributed by atoms with van der Waals surface area (Å²) in [5.41, 5.74) is 0.0278. The van der Waals surface area contributed by atoms with Crippen LogP contribution in [0.3, 0.4) is 0 Å². The molecule has 3 N–H and O–H groups in total. The van der Waals surface area contributed by atoms with Crippen LogP contribution in [-0.2, 0) is 4.79 Å². The molecule has 1 fully saturated rings. The molecule has 136 valence electrons. The van der Waals surface area contributed by atoms with Crippen molar-refractivity contribution < 1.29 is 19.5 Å². The minimum atomic E-state index is -0.916. The first-order valence-electron chi connectivity index (χ1n) is 8.41. The van der Waals surface area contributed by atoms with Crippen LogP contribution in [0.4, 0.5) is 10.5 Å². The van der Waals surface area contributed by atoms with Gasteiger partial charge in [-0.3, -0.25) is 9.59 Å². The molecule has 1 aliphatic heterocycles. The predicted octanol–water partition coefficient (Wildman–Crippen LogP) is 2.54. The average molecular weight is 347 g/mol. The molecule has 1 aromatic rings. The largest absolute Gasteiger partial charge is 0.481 e. The summed E-state index contributed by atoms with van der Waals surface area (Å²) in [7, 11) is 0. The zero-order valence-electron chi connectivity index (χ0n) is 14.8. The van der Waals surface area contributed by atoms with E-state index in [-0.39, 0.29) is 24.5 Å². The van der Waals surface area contributed by atoms with Crippen LogP contribution in [-0.4, -0.2) is 47.0 Å². The molecule has 7 heteroatoms. The lowest BCUT2D eigenvalue weighted by molar-refractivity contribution is -0.150. The third-order valence-electron chi connectivity index (χ3n) is 4.29. The van der Waals surface area contributed by atoms with Crippen LogP contribution in [0, 0.1) is 5.41 Å². The maximum absolute atomic E-state index is 12.7. The van der Waals surface area contributed by atoms with Crippen LogP contribution < -0.4 is 10.6 Å². The molecule has 1 aliphatic rings. The number of nitrogens with zero attached hydrogens (tertiary/aromatic N) is 1. The average Bonchev–Trinajstić information content (AvgIpc) is 2.53. The Bertz CT molecular complexity index is 674. The number of carboxylic acids is 1. The smallest absolute Gasteiger partial charge is 0.319 e. The standard InChI is InChI=1S/C18H25N3O4/c1-12(2)19-17(25)20-14-7-4-6-13(10-14)15(22)21-9-5-8-18(3,11-21)16(23)24/h4,6-7,10,12H,5,8-9,11H2,1-3H3,(H,23,24)(H2,19,20,25). The lowest BCUT2D eigenvalue weighted by atomic mass is 9.82. The number of anilines is 1. The van der Waals surface area contributed by atoms with E-state index in [4.69, 9.17) is 0 Å². The number of hydrogen-bond acceptors (Lipinski definition) is 3. The normalized spacial score (nSPS) is 20.2. The zero-order chi connectivity index (χ0) is 18.6. The third-order valence-corrected chi connectivity index (χ3v) is 4.29. The Morgan fingerprint density at radius 2 is 2.00 bits per heavy atom. The Hall–Kier alpha value is -2.57. The van der Waals surface area contributed by atoms with Crippen molar-refractivity contribution in [2.45, 2.75) is 39.7 Å². The molecular weight excluding hydrogens is 322 g/mol. The van der Waals surface area contributed by atoms with E-state index >= 15 is 0 Å². The van der Waals surface area contributed by atoms with Crippen molar-refractivity contribution in [3.63, 3.8) is 0 Å². The van der Waals surface area contributed by atoms with Crippen molar-refractivity contribution in [3.05, 3.63) is 29.8 Å². The Kier molecular flexibility index (Phi) is 5.66. The van der Waals surface area contributed by atoms with Gasteiger partial charge < -0.3 is 20.6 Å². The maximum Gasteiger partial charge on any atom is 0.319 e. The van der Waals surface area contributed by atoms with Gasteiger partial charge >= 0.3 is 12.0 Å². The van der Waals surface area contributed by atoms with E-state index in [0.29, 0.717) is 30.6 Å². The number of nitrogens with one attached hydrogen (secondary N) is 2. The highest BCUT2D eigenvalue weighted by Crippen LogP contribution is 2.30. The number of benzene rings is 1. The van der Waals surface area contributed by atoms with E-state index < -0.39 is 11.4 Å². The topological polar surface area (TPSA) is 98.7 Å². The fourth-order valence-corrected chi connectivity index (χ4v) is 2.93. The van der Waals surface area contributed by atoms with Gasteiger partial charge in [0.05, 0.1) is 5.41 Å². The molecule has 1 atom stereocenters. The molecule has 1 heterocycles. The summed E-state index contributed by atoms with van der Waals surface area (Å²) in [4.78, 5) is 37.5. The predicted molar refractivity (Wildman–Crippen MR) is 94.6 cm³/mol. The number of hydrogen-bond donors (Lipinski definition) is 3. The number of rotatable bonds is 4. The van der Waals surface area contributed by atoms with Gasteiger partial charge in [0.15, 0.2) is 0 Å². The molecule has 0 bridgehead atoms. The Morgan fingerprint density at radius 1 is 1.28 bits per heavy atom. The van der Waals surface area contributed by atoms with Gasteiger partial charge in [-0.15, -0.1) is 0 Å². The summed E-state index contributed by atoms with van der Waals surface area (Å²) < 4.78 is 0. The molecule has 0 spiro atoms. The Morgan fingerprint density at radius 3 is 2.64 bits per heavy atom. The first kappa shape index (κ1) is 18.8. The van der Waals surface area contributed by atoms with Crippen molar-refractivity contribution in [2.75, 3.05) is 18.4 Å². The van der Waals surface area contributed by atoms with Crippen molar-refractivity contribution in [3.8, 4) is 0 Å². The number of aliphatic carboxylic acids is 1. The van der Waals surface area contributed by atoms with Gasteiger partial charge in [-0.2, -0.15) is 0 Å². The molecular formula is C18H25N3O4. The highest BCUT2D eigenvalue weighted by atomic mass is 16.4. The number of carbonyl (C=O) groups is 3. The fraction of sp³-hybridized carbons (Fsp3) is 0.500. The SMILES string of the molecule is CC(C)NC(=O)Nc1cccc(C(=O)N2CCCC(C)(C(=O)O)C2)c1. The zero-order valence-corrected chi connectivity index (χ0v) is 14.8. The number of carbonyl (C=O) groups excluding carboxylic acids is 2. The number of piperidine rings is 1. The first-order valence-corrected chi connectivity index (χ1v) is 8.41. The van der Waals surface area contributed by atoms with Gasteiger partial charge in [0, 0.05) is 30.4 Å². The van der Waals surface area contributed by atoms with Crippen LogP contribution in [0.5, 0.6) is 0 Å². The van der Waals surface area contributed by atoms with Gasteiger partial charge in [-0.05, 0) is 51.8 Å². The summed E-state index contributed by atoms with van der Waals surface area (Å²) >= 11 is 0. The number of carboxylic acid groups (broad SMARTS) is 1. The van der Waals surface area contributed by atoms with Crippen molar-refractivity contribution in [1.29, 1.82) is 0 Å². The summed E-state index contributed by atoms with van der Waals surface area (Å²) in [6.07, 6.45) is 1.21. The van der Waals surface area contributed by atoms with Gasteiger partial charge in [0.1, 0.15) is 0 Å². The highest BCUT2D eigenvalue weighted by Gasteiger charge is 2.39. The number of amides is 3. The molecule has 0 saturated carbocycles. The lowest BCUT2D eigenvalue weighted by Crippen LogP contribution is -2.48. The molecule has 0 radical (unpaired) electrons. The van der Waals surface area contributed by atoms with E-state index in [9.17, 15) is 19.5 Å². The first-order chi connectivity index (χ1) is 11.7. The van der Waals surface area contributed by atoms with Crippen LogP contribution in [0.1, 0.15) is 44.0 Å². The molecule has 2 rings (SSSR count). The van der Waals surface area contributed by atoms with Crippen LogP contribution in [0.15, 0.2) is 24.3 Å². The summed E-state index contributed by atoms with van der Waals surface area (Å²) in [6, 6.07) is 6.34. The Balaban J connectivity index is 2.10. The monoisotopic (exact) mass is 347 g/mol. The fourth-order valence-electron chi connectivity index (χ4n) is 2.93. The van der Waals surface area contributed by atoms with Gasteiger partial charge in [-0.25, -0.2) is 4.79 Å². The molecule has 1 unspecified atom stereocenters. The maximum atomic E-state index is 12.7. The minimum Gasteiger partial charge on any atom is -0.481 e. The van der Waals surface area contributed by atoms with Gasteiger partial charge in [0.25, 0.3) is 5.91 Å². The molecule has 1 aromatic carbocycles. The van der Waals surface area contributed by atoms with E-state index in [1.165, 1.54) is 0 Å². The van der Waals surface area contributed by atoms with Gasteiger partial charge in [0.2, 0.25) is 0 Å². The molecule has 7 nitrogen and oxygen atoms in total. The van der Waals surface area contributed by atoms with Crippen molar-refractivity contribution >= 4 is 23.6 Å². The highest BCUT2D eigenvalue weighted by molar-refractivity contribution is 5.97. The number of likely N-dealkylation sites (tertiary alicyclic amines) is 1. The van der Waals surface area contributed by atoms with Crippen LogP contribution in [0.25, 0.3) is 0 Å². The summed E-state index contributed by atoms with van der Waals surface area (Å²) in [6.45, 7) is 6.10. The lowest BCUT2D eigenvalue weighted by Gasteiger charge is -2.37. The van der Waals surface area contributed by atoms with E-state index in [1.807, 2.05) is 13.8 Å². The van der Waals surface area contributed by atoms with E-state index in [2.05, 4.69) is 10.6 Å². The second-order valence-electron chi connectivity index (χ2n) is 7.03. The second kappa shape index (κ2) is 7.55.